The van der Waals surface area contributed by atoms with E-state index in [4.69, 9.17) is 0 Å². The largest absolute Gasteiger partial charge is 0.272 e. The van der Waals surface area contributed by atoms with Gasteiger partial charge in [0.15, 0.2) is 11.0 Å². The van der Waals surface area contributed by atoms with Crippen LogP contribution in [0.25, 0.3) is 17.1 Å². The Morgan fingerprint density at radius 1 is 1.03 bits per heavy atom. The quantitative estimate of drug-likeness (QED) is 0.214. The normalized spacial score (nSPS) is 11.1. The lowest BCUT2D eigenvalue weighted by molar-refractivity contribution is -0.118. The highest BCUT2D eigenvalue weighted by Gasteiger charge is 2.17. The molecule has 6 nitrogen and oxygen atoms in total. The van der Waals surface area contributed by atoms with Crippen molar-refractivity contribution in [2.45, 2.75) is 5.16 Å². The zero-order valence-electron chi connectivity index (χ0n) is 16.7. The molecule has 1 aromatic heterocycles. The Kier molecular flexibility index (Phi) is 7.08. The van der Waals surface area contributed by atoms with E-state index in [1.807, 2.05) is 59.2 Å². The van der Waals surface area contributed by atoms with Crippen molar-refractivity contribution in [1.82, 2.24) is 20.2 Å². The maximum absolute atomic E-state index is 13.0. The maximum Gasteiger partial charge on any atom is 0.250 e. The third-order valence-corrected chi connectivity index (χ3v) is 5.81. The Labute approximate surface area is 196 Å². The van der Waals surface area contributed by atoms with Crippen molar-refractivity contribution in [3.05, 3.63) is 94.7 Å². The fraction of sp³-hybridized carbons (Fsp3) is 0.0435. The second kappa shape index (κ2) is 10.3. The second-order valence-corrected chi connectivity index (χ2v) is 8.48. The summed E-state index contributed by atoms with van der Waals surface area (Å²) in [6.45, 7) is 0. The average molecular weight is 510 g/mol. The van der Waals surface area contributed by atoms with E-state index in [1.54, 1.807) is 12.1 Å². The first-order chi connectivity index (χ1) is 15.6. The summed E-state index contributed by atoms with van der Waals surface area (Å²) in [5, 5.41) is 13.2. The number of hydrogen-bond acceptors (Lipinski definition) is 5. The van der Waals surface area contributed by atoms with Crippen LogP contribution in [0, 0.1) is 5.82 Å². The number of benzene rings is 3. The lowest BCUT2D eigenvalue weighted by Gasteiger charge is -2.10. The van der Waals surface area contributed by atoms with Crippen LogP contribution in [0.2, 0.25) is 0 Å². The van der Waals surface area contributed by atoms with E-state index in [1.165, 1.54) is 30.1 Å². The van der Waals surface area contributed by atoms with E-state index in [2.05, 4.69) is 36.7 Å². The van der Waals surface area contributed by atoms with Gasteiger partial charge in [-0.2, -0.15) is 5.10 Å². The number of rotatable bonds is 7. The lowest BCUT2D eigenvalue weighted by Crippen LogP contribution is -2.20. The number of nitrogens with zero attached hydrogens (tertiary/aromatic N) is 4. The van der Waals surface area contributed by atoms with Crippen LogP contribution in [0.15, 0.2) is 93.6 Å². The van der Waals surface area contributed by atoms with Gasteiger partial charge in [-0.3, -0.25) is 9.36 Å². The van der Waals surface area contributed by atoms with Gasteiger partial charge in [0.05, 0.1) is 12.0 Å². The van der Waals surface area contributed by atoms with Crippen LogP contribution >= 0.6 is 27.7 Å². The van der Waals surface area contributed by atoms with Gasteiger partial charge in [0.25, 0.3) is 5.91 Å². The van der Waals surface area contributed by atoms with Gasteiger partial charge in [-0.25, -0.2) is 9.82 Å². The molecule has 160 valence electrons. The molecule has 0 unspecified atom stereocenters. The van der Waals surface area contributed by atoms with Crippen molar-refractivity contribution in [3.8, 4) is 17.1 Å². The molecule has 0 saturated carbocycles. The minimum Gasteiger partial charge on any atom is -0.272 e. The van der Waals surface area contributed by atoms with Crippen LogP contribution in [0.4, 0.5) is 4.39 Å². The fourth-order valence-corrected chi connectivity index (χ4v) is 3.86. The summed E-state index contributed by atoms with van der Waals surface area (Å²) in [7, 11) is 0. The van der Waals surface area contributed by atoms with Crippen molar-refractivity contribution >= 4 is 39.8 Å². The molecule has 0 saturated heterocycles. The minimum absolute atomic E-state index is 0.101. The van der Waals surface area contributed by atoms with Crippen molar-refractivity contribution in [3.63, 3.8) is 0 Å². The molecule has 1 amide bonds. The van der Waals surface area contributed by atoms with Crippen LogP contribution < -0.4 is 5.43 Å². The summed E-state index contributed by atoms with van der Waals surface area (Å²) in [6, 6.07) is 23.4. The highest BCUT2D eigenvalue weighted by atomic mass is 79.9. The van der Waals surface area contributed by atoms with E-state index >= 15 is 0 Å². The molecule has 1 heterocycles. The smallest absolute Gasteiger partial charge is 0.250 e. The molecule has 32 heavy (non-hydrogen) atoms. The summed E-state index contributed by atoms with van der Waals surface area (Å²) in [4.78, 5) is 12.3. The molecule has 0 atom stereocenters. The van der Waals surface area contributed by atoms with Crippen molar-refractivity contribution in [1.29, 1.82) is 0 Å². The van der Waals surface area contributed by atoms with Crippen LogP contribution in [0.3, 0.4) is 0 Å². The number of carbonyl (C=O) groups excluding carboxylic acids is 1. The fourth-order valence-electron chi connectivity index (χ4n) is 2.85. The molecule has 0 aliphatic rings. The molecule has 0 fully saturated rings. The first kappa shape index (κ1) is 21.9. The molecule has 4 rings (SSSR count). The Morgan fingerprint density at radius 2 is 1.75 bits per heavy atom. The van der Waals surface area contributed by atoms with Gasteiger partial charge in [-0.15, -0.1) is 10.2 Å². The van der Waals surface area contributed by atoms with E-state index < -0.39 is 0 Å². The highest BCUT2D eigenvalue weighted by Crippen LogP contribution is 2.28. The van der Waals surface area contributed by atoms with Crippen LogP contribution in [-0.2, 0) is 4.79 Å². The van der Waals surface area contributed by atoms with Crippen LogP contribution in [0.1, 0.15) is 5.56 Å². The average Bonchev–Trinajstić information content (AvgIpc) is 3.24. The van der Waals surface area contributed by atoms with E-state index in [9.17, 15) is 9.18 Å². The maximum atomic E-state index is 13.0. The van der Waals surface area contributed by atoms with E-state index in [0.717, 1.165) is 15.7 Å². The summed E-state index contributed by atoms with van der Waals surface area (Å²) < 4.78 is 15.8. The molecule has 4 aromatic rings. The van der Waals surface area contributed by atoms with Gasteiger partial charge >= 0.3 is 0 Å². The predicted octanol–water partition coefficient (Wildman–Crippen LogP) is 5.08. The number of hydrazone groups is 1. The minimum atomic E-state index is -0.327. The lowest BCUT2D eigenvalue weighted by atomic mass is 10.2. The van der Waals surface area contributed by atoms with Gasteiger partial charge in [-0.1, -0.05) is 70.2 Å². The van der Waals surface area contributed by atoms with Crippen molar-refractivity contribution in [2.24, 2.45) is 5.10 Å². The Balaban J connectivity index is 1.49. The van der Waals surface area contributed by atoms with Crippen LogP contribution in [-0.4, -0.2) is 32.6 Å². The molecule has 0 spiro atoms. The first-order valence-corrected chi connectivity index (χ1v) is 11.3. The summed E-state index contributed by atoms with van der Waals surface area (Å²) in [5.74, 6) is 0.169. The molecular formula is C23H17BrFN5OS. The second-order valence-electron chi connectivity index (χ2n) is 6.62. The summed E-state index contributed by atoms with van der Waals surface area (Å²) in [6.07, 6.45) is 1.46. The molecule has 0 radical (unpaired) electrons. The Hall–Kier alpha value is -3.30. The number of halogens is 2. The number of amides is 1. The third-order valence-electron chi connectivity index (χ3n) is 4.36. The van der Waals surface area contributed by atoms with Crippen molar-refractivity contribution < 1.29 is 9.18 Å². The number of nitrogens with one attached hydrogen (secondary N) is 1. The summed E-state index contributed by atoms with van der Waals surface area (Å²) in [5.41, 5.74) is 4.96. The molecule has 0 aliphatic carbocycles. The van der Waals surface area contributed by atoms with Gasteiger partial charge in [0.1, 0.15) is 5.82 Å². The Bertz CT molecular complexity index is 1230. The molecule has 0 aliphatic heterocycles. The SMILES string of the molecule is O=C(CSc1nnc(-c2ccccc2)n1-c1ccc(Br)cc1)N/N=C\c1ccc(F)cc1. The summed E-state index contributed by atoms with van der Waals surface area (Å²) >= 11 is 4.71. The predicted molar refractivity (Wildman–Crippen MR) is 127 cm³/mol. The highest BCUT2D eigenvalue weighted by molar-refractivity contribution is 9.10. The molecular weight excluding hydrogens is 493 g/mol. The van der Waals surface area contributed by atoms with E-state index in [0.29, 0.717) is 16.5 Å². The van der Waals surface area contributed by atoms with Gasteiger partial charge in [0, 0.05) is 15.7 Å². The third kappa shape index (κ3) is 5.49. The number of carbonyl (C=O) groups is 1. The van der Waals surface area contributed by atoms with Gasteiger partial charge < -0.3 is 0 Å². The molecule has 9 heteroatoms. The zero-order chi connectivity index (χ0) is 22.3. The van der Waals surface area contributed by atoms with Gasteiger partial charge in [-0.05, 0) is 42.0 Å². The topological polar surface area (TPSA) is 72.2 Å². The van der Waals surface area contributed by atoms with Gasteiger partial charge in [0.2, 0.25) is 0 Å². The number of thioether (sulfide) groups is 1. The first-order valence-electron chi connectivity index (χ1n) is 9.57. The van der Waals surface area contributed by atoms with Crippen molar-refractivity contribution in [2.75, 3.05) is 5.75 Å². The molecule has 0 bridgehead atoms. The standard InChI is InChI=1S/C23H17BrFN5OS/c24-18-8-12-20(13-9-18)30-22(17-4-2-1-3-5-17)28-29-23(30)32-15-21(31)27-26-14-16-6-10-19(25)11-7-16/h1-14H,15H2,(H,27,31)/b26-14-. The van der Waals surface area contributed by atoms with E-state index in [-0.39, 0.29) is 17.5 Å². The Morgan fingerprint density at radius 3 is 2.47 bits per heavy atom. The monoisotopic (exact) mass is 509 g/mol. The number of hydrogen-bond donors (Lipinski definition) is 1. The molecule has 3 aromatic carbocycles. The molecule has 1 N–H and O–H groups in total. The number of aromatic nitrogens is 3. The zero-order valence-corrected chi connectivity index (χ0v) is 19.1. The van der Waals surface area contributed by atoms with Crippen LogP contribution in [0.5, 0.6) is 0 Å².